The molecule has 1 nitrogen and oxygen atoms in total. The molecule has 0 fully saturated rings. The minimum Gasteiger partial charge on any atom is -0.304 e. The maximum absolute atomic E-state index is 2.42. The topological polar surface area (TPSA) is 3.24 Å². The molecule has 0 aliphatic heterocycles. The van der Waals surface area contributed by atoms with Crippen molar-refractivity contribution in [1.29, 1.82) is 0 Å². The Balaban J connectivity index is 3.98. The first-order chi connectivity index (χ1) is 5.79. The summed E-state index contributed by atoms with van der Waals surface area (Å²) in [4.78, 5) is 2.42. The fourth-order valence-corrected chi connectivity index (χ4v) is 1.36. The molecule has 2 atom stereocenters. The quantitative estimate of drug-likeness (QED) is 0.649. The highest BCUT2D eigenvalue weighted by molar-refractivity contribution is 4.75. The molecule has 0 radical (unpaired) electrons. The molecule has 1 heteroatoms. The summed E-state index contributed by atoms with van der Waals surface area (Å²) >= 11 is 0. The standard InChI is InChI=1S/C12H27N/c1-8-13(7)11(3)9-10(2)12(4,5)6/h10-11H,8-9H2,1-7H3. The molecule has 0 amide bonds. The Morgan fingerprint density at radius 3 is 1.92 bits per heavy atom. The third-order valence-electron chi connectivity index (χ3n) is 3.42. The van der Waals surface area contributed by atoms with E-state index in [1.165, 1.54) is 6.42 Å². The van der Waals surface area contributed by atoms with Crippen LogP contribution in [0.25, 0.3) is 0 Å². The van der Waals surface area contributed by atoms with Gasteiger partial charge in [0.15, 0.2) is 0 Å². The first kappa shape index (κ1) is 13.0. The lowest BCUT2D eigenvalue weighted by Gasteiger charge is -2.32. The Morgan fingerprint density at radius 1 is 1.15 bits per heavy atom. The van der Waals surface area contributed by atoms with E-state index in [4.69, 9.17) is 0 Å². The number of hydrogen-bond acceptors (Lipinski definition) is 1. The van der Waals surface area contributed by atoms with Crippen LogP contribution in [0.15, 0.2) is 0 Å². The molecule has 0 saturated heterocycles. The van der Waals surface area contributed by atoms with E-state index >= 15 is 0 Å². The summed E-state index contributed by atoms with van der Waals surface area (Å²) in [6.45, 7) is 15.0. The van der Waals surface area contributed by atoms with Crippen LogP contribution in [0.4, 0.5) is 0 Å². The van der Waals surface area contributed by atoms with Crippen LogP contribution < -0.4 is 0 Å². The summed E-state index contributed by atoms with van der Waals surface area (Å²) in [5.74, 6) is 0.788. The van der Waals surface area contributed by atoms with Crippen molar-refractivity contribution in [3.05, 3.63) is 0 Å². The summed E-state index contributed by atoms with van der Waals surface area (Å²) in [7, 11) is 2.21. The molecule has 80 valence electrons. The van der Waals surface area contributed by atoms with Crippen molar-refractivity contribution < 1.29 is 0 Å². The Morgan fingerprint density at radius 2 is 1.62 bits per heavy atom. The molecule has 0 heterocycles. The van der Waals surface area contributed by atoms with Gasteiger partial charge in [-0.3, -0.25) is 0 Å². The van der Waals surface area contributed by atoms with Crippen molar-refractivity contribution in [3.63, 3.8) is 0 Å². The molecule has 0 spiro atoms. The minimum atomic E-state index is 0.447. The highest BCUT2D eigenvalue weighted by Crippen LogP contribution is 2.29. The van der Waals surface area contributed by atoms with Gasteiger partial charge in [-0.25, -0.2) is 0 Å². The van der Waals surface area contributed by atoms with Gasteiger partial charge in [-0.05, 0) is 38.3 Å². The van der Waals surface area contributed by atoms with Gasteiger partial charge in [-0.15, -0.1) is 0 Å². The van der Waals surface area contributed by atoms with Crippen LogP contribution >= 0.6 is 0 Å². The van der Waals surface area contributed by atoms with Gasteiger partial charge in [0.1, 0.15) is 0 Å². The van der Waals surface area contributed by atoms with Crippen LogP contribution in [0.5, 0.6) is 0 Å². The zero-order valence-electron chi connectivity index (χ0n) is 10.5. The average molecular weight is 185 g/mol. The van der Waals surface area contributed by atoms with Crippen LogP contribution in [0, 0.1) is 11.3 Å². The summed E-state index contributed by atoms with van der Waals surface area (Å²) < 4.78 is 0. The van der Waals surface area contributed by atoms with Crippen molar-refractivity contribution in [2.45, 2.75) is 54.0 Å². The summed E-state index contributed by atoms with van der Waals surface area (Å²) in [5.41, 5.74) is 0.447. The van der Waals surface area contributed by atoms with Crippen LogP contribution in [-0.2, 0) is 0 Å². The zero-order chi connectivity index (χ0) is 10.6. The second kappa shape index (κ2) is 4.99. The van der Waals surface area contributed by atoms with Gasteiger partial charge >= 0.3 is 0 Å². The predicted molar refractivity (Wildman–Crippen MR) is 61.0 cm³/mol. The highest BCUT2D eigenvalue weighted by Gasteiger charge is 2.22. The van der Waals surface area contributed by atoms with Crippen molar-refractivity contribution in [1.82, 2.24) is 4.90 Å². The third kappa shape index (κ3) is 4.66. The van der Waals surface area contributed by atoms with E-state index in [9.17, 15) is 0 Å². The molecule has 0 aliphatic carbocycles. The van der Waals surface area contributed by atoms with Crippen LogP contribution in [0.3, 0.4) is 0 Å². The number of rotatable bonds is 4. The van der Waals surface area contributed by atoms with E-state index in [0.29, 0.717) is 11.5 Å². The average Bonchev–Trinajstić information content (AvgIpc) is 2.01. The normalized spacial score (nSPS) is 17.5. The Kier molecular flexibility index (Phi) is 4.98. The first-order valence-corrected chi connectivity index (χ1v) is 5.49. The monoisotopic (exact) mass is 185 g/mol. The molecular formula is C12H27N. The van der Waals surface area contributed by atoms with Crippen LogP contribution in [0.1, 0.15) is 48.0 Å². The second-order valence-electron chi connectivity index (χ2n) is 5.43. The molecular weight excluding hydrogens is 158 g/mol. The first-order valence-electron chi connectivity index (χ1n) is 5.49. The lowest BCUT2D eigenvalue weighted by atomic mass is 9.78. The number of hydrogen-bond donors (Lipinski definition) is 0. The largest absolute Gasteiger partial charge is 0.304 e. The molecule has 0 rings (SSSR count). The lowest BCUT2D eigenvalue weighted by molar-refractivity contribution is 0.171. The van der Waals surface area contributed by atoms with Gasteiger partial charge in [0.25, 0.3) is 0 Å². The van der Waals surface area contributed by atoms with E-state index in [2.05, 4.69) is 53.5 Å². The Hall–Kier alpha value is -0.0400. The fourth-order valence-electron chi connectivity index (χ4n) is 1.36. The smallest absolute Gasteiger partial charge is 0.00665 e. The summed E-state index contributed by atoms with van der Waals surface area (Å²) in [6, 6.07) is 0.708. The van der Waals surface area contributed by atoms with Gasteiger partial charge in [0.05, 0.1) is 0 Å². The molecule has 0 aromatic carbocycles. The highest BCUT2D eigenvalue weighted by atomic mass is 15.1. The van der Waals surface area contributed by atoms with Gasteiger partial charge in [0, 0.05) is 6.04 Å². The third-order valence-corrected chi connectivity index (χ3v) is 3.42. The Bertz CT molecular complexity index is 135. The molecule has 13 heavy (non-hydrogen) atoms. The van der Waals surface area contributed by atoms with Gasteiger partial charge in [0.2, 0.25) is 0 Å². The van der Waals surface area contributed by atoms with Crippen molar-refractivity contribution in [2.75, 3.05) is 13.6 Å². The molecule has 0 aliphatic rings. The van der Waals surface area contributed by atoms with Gasteiger partial charge in [-0.1, -0.05) is 34.6 Å². The fraction of sp³-hybridized carbons (Fsp3) is 1.00. The SMILES string of the molecule is CCN(C)C(C)CC(C)C(C)(C)C. The molecule has 2 unspecified atom stereocenters. The molecule has 0 aromatic heterocycles. The van der Waals surface area contributed by atoms with E-state index in [1.807, 2.05) is 0 Å². The maximum Gasteiger partial charge on any atom is 0.00665 e. The van der Waals surface area contributed by atoms with Crippen LogP contribution in [-0.4, -0.2) is 24.5 Å². The van der Waals surface area contributed by atoms with Crippen molar-refractivity contribution >= 4 is 0 Å². The van der Waals surface area contributed by atoms with Crippen molar-refractivity contribution in [2.24, 2.45) is 11.3 Å². The van der Waals surface area contributed by atoms with Crippen LogP contribution in [0.2, 0.25) is 0 Å². The van der Waals surface area contributed by atoms with Crippen molar-refractivity contribution in [3.8, 4) is 0 Å². The van der Waals surface area contributed by atoms with E-state index < -0.39 is 0 Å². The Labute approximate surface area is 84.5 Å². The van der Waals surface area contributed by atoms with Gasteiger partial charge < -0.3 is 4.90 Å². The number of nitrogens with zero attached hydrogens (tertiary/aromatic N) is 1. The molecule has 0 aromatic rings. The van der Waals surface area contributed by atoms with E-state index in [0.717, 1.165) is 12.5 Å². The predicted octanol–water partition coefficient (Wildman–Crippen LogP) is 3.40. The summed E-state index contributed by atoms with van der Waals surface area (Å²) in [6.07, 6.45) is 1.30. The van der Waals surface area contributed by atoms with E-state index in [1.54, 1.807) is 0 Å². The molecule has 0 saturated carbocycles. The molecule has 0 N–H and O–H groups in total. The maximum atomic E-state index is 2.42. The van der Waals surface area contributed by atoms with E-state index in [-0.39, 0.29) is 0 Å². The second-order valence-corrected chi connectivity index (χ2v) is 5.43. The minimum absolute atomic E-state index is 0.447. The van der Waals surface area contributed by atoms with Gasteiger partial charge in [-0.2, -0.15) is 0 Å². The lowest BCUT2D eigenvalue weighted by Crippen LogP contribution is -2.33. The zero-order valence-corrected chi connectivity index (χ0v) is 10.5. The summed E-state index contributed by atoms with van der Waals surface area (Å²) in [5, 5.41) is 0. The molecule has 0 bridgehead atoms.